The average Bonchev–Trinajstić information content (AvgIpc) is 3.23. The zero-order valence-electron chi connectivity index (χ0n) is 11.9. The molecule has 3 amide bonds. The van der Waals surface area contributed by atoms with E-state index in [9.17, 15) is 14.4 Å². The van der Waals surface area contributed by atoms with Crippen molar-refractivity contribution in [3.63, 3.8) is 0 Å². The second-order valence-electron chi connectivity index (χ2n) is 5.91. The molecule has 1 aliphatic carbocycles. The Hall–Kier alpha value is -1.79. The highest BCUT2D eigenvalue weighted by Gasteiger charge is 2.62. The number of rotatable bonds is 5. The first-order valence-corrected chi connectivity index (χ1v) is 7.89. The SMILES string of the molecule is O=C1NC(=O)C(CCc2ccc(Cl)c(Cl)c2)([C@H]2C[C@@H]2C(=O)O)N1. The molecule has 8 heteroatoms. The van der Waals surface area contributed by atoms with E-state index in [1.54, 1.807) is 18.2 Å². The van der Waals surface area contributed by atoms with Gasteiger partial charge in [-0.2, -0.15) is 0 Å². The molecule has 1 saturated carbocycles. The van der Waals surface area contributed by atoms with Gasteiger partial charge in [-0.1, -0.05) is 29.3 Å². The zero-order chi connectivity index (χ0) is 16.8. The number of carboxylic acid groups (broad SMARTS) is 1. The van der Waals surface area contributed by atoms with Crippen LogP contribution in [0.25, 0.3) is 0 Å². The van der Waals surface area contributed by atoms with Crippen molar-refractivity contribution in [3.05, 3.63) is 33.8 Å². The van der Waals surface area contributed by atoms with Gasteiger partial charge in [-0.25, -0.2) is 4.79 Å². The van der Waals surface area contributed by atoms with Crippen LogP contribution in [-0.2, 0) is 16.0 Å². The highest BCUT2D eigenvalue weighted by atomic mass is 35.5. The van der Waals surface area contributed by atoms with Crippen molar-refractivity contribution < 1.29 is 19.5 Å². The first-order valence-electron chi connectivity index (χ1n) is 7.14. The Morgan fingerprint density at radius 3 is 2.57 bits per heavy atom. The molecule has 6 nitrogen and oxygen atoms in total. The highest BCUT2D eigenvalue weighted by molar-refractivity contribution is 6.42. The fourth-order valence-electron chi connectivity index (χ4n) is 3.18. The van der Waals surface area contributed by atoms with Gasteiger partial charge in [0.05, 0.1) is 16.0 Å². The summed E-state index contributed by atoms with van der Waals surface area (Å²) >= 11 is 11.9. The van der Waals surface area contributed by atoms with Gasteiger partial charge < -0.3 is 10.4 Å². The molecule has 1 saturated heterocycles. The predicted octanol–water partition coefficient (Wildman–Crippen LogP) is 2.22. The molecule has 1 aromatic rings. The first kappa shape index (κ1) is 16.1. The van der Waals surface area contributed by atoms with Crippen molar-refractivity contribution in [2.45, 2.75) is 24.8 Å². The third-order valence-corrected chi connectivity index (χ3v) is 5.24. The minimum atomic E-state index is -1.17. The van der Waals surface area contributed by atoms with E-state index >= 15 is 0 Å². The van der Waals surface area contributed by atoms with Gasteiger partial charge in [0.25, 0.3) is 5.91 Å². The molecule has 23 heavy (non-hydrogen) atoms. The maximum Gasteiger partial charge on any atom is 0.322 e. The van der Waals surface area contributed by atoms with Crippen molar-refractivity contribution in [2.24, 2.45) is 11.8 Å². The number of nitrogens with one attached hydrogen (secondary N) is 2. The van der Waals surface area contributed by atoms with E-state index in [-0.39, 0.29) is 0 Å². The maximum absolute atomic E-state index is 12.3. The van der Waals surface area contributed by atoms with Crippen molar-refractivity contribution in [1.29, 1.82) is 0 Å². The Kier molecular flexibility index (Phi) is 3.98. The van der Waals surface area contributed by atoms with Crippen molar-refractivity contribution >= 4 is 41.1 Å². The lowest BCUT2D eigenvalue weighted by atomic mass is 9.85. The largest absolute Gasteiger partial charge is 0.481 e. The van der Waals surface area contributed by atoms with Gasteiger partial charge in [0, 0.05) is 5.92 Å². The molecule has 1 unspecified atom stereocenters. The molecule has 122 valence electrons. The lowest BCUT2D eigenvalue weighted by Gasteiger charge is -2.26. The Bertz CT molecular complexity index is 709. The standard InChI is InChI=1S/C15H14Cl2N2O4/c16-10-2-1-7(5-11(10)17)3-4-15(9-6-8(9)12(20)21)13(22)18-14(23)19-15/h1-2,5,8-9H,3-4,6H2,(H,20,21)(H2,18,19,22,23)/t8-,9-,15?/m0/s1. The van der Waals surface area contributed by atoms with E-state index in [1.807, 2.05) is 0 Å². The van der Waals surface area contributed by atoms with Crippen LogP contribution in [0, 0.1) is 11.8 Å². The molecule has 3 atom stereocenters. The number of halogens is 2. The van der Waals surface area contributed by atoms with Gasteiger partial charge in [-0.3, -0.25) is 14.9 Å². The molecule has 2 fully saturated rings. The Morgan fingerprint density at radius 1 is 1.30 bits per heavy atom. The lowest BCUT2D eigenvalue weighted by molar-refractivity contribution is -0.139. The maximum atomic E-state index is 12.3. The van der Waals surface area contributed by atoms with E-state index in [2.05, 4.69) is 10.6 Å². The number of hydrogen-bond acceptors (Lipinski definition) is 3. The number of aryl methyl sites for hydroxylation is 1. The van der Waals surface area contributed by atoms with E-state index in [1.165, 1.54) is 0 Å². The molecule has 1 heterocycles. The van der Waals surface area contributed by atoms with Gasteiger partial charge in [0.15, 0.2) is 0 Å². The van der Waals surface area contributed by atoms with Gasteiger partial charge in [-0.05, 0) is 37.0 Å². The zero-order valence-corrected chi connectivity index (χ0v) is 13.4. The van der Waals surface area contributed by atoms with Crippen LogP contribution in [0.3, 0.4) is 0 Å². The summed E-state index contributed by atoms with van der Waals surface area (Å²) in [5.41, 5.74) is -0.313. The van der Waals surface area contributed by atoms with E-state index in [0.717, 1.165) is 5.56 Å². The van der Waals surface area contributed by atoms with Crippen LogP contribution in [-0.4, -0.2) is 28.6 Å². The number of carbonyl (C=O) groups is 3. The van der Waals surface area contributed by atoms with Crippen LogP contribution in [0.5, 0.6) is 0 Å². The van der Waals surface area contributed by atoms with E-state index in [4.69, 9.17) is 28.3 Å². The molecule has 0 bridgehead atoms. The predicted molar refractivity (Wildman–Crippen MR) is 83.4 cm³/mol. The van der Waals surface area contributed by atoms with Crippen LogP contribution in [0.2, 0.25) is 10.0 Å². The summed E-state index contributed by atoms with van der Waals surface area (Å²) in [7, 11) is 0. The smallest absolute Gasteiger partial charge is 0.322 e. The van der Waals surface area contributed by atoms with Gasteiger partial charge in [0.1, 0.15) is 5.54 Å². The van der Waals surface area contributed by atoms with Crippen LogP contribution in [0.4, 0.5) is 4.79 Å². The normalized spacial score (nSPS) is 29.1. The third kappa shape index (κ3) is 2.88. The summed E-state index contributed by atoms with van der Waals surface area (Å²) < 4.78 is 0. The summed E-state index contributed by atoms with van der Waals surface area (Å²) in [6, 6.07) is 4.57. The first-order chi connectivity index (χ1) is 10.8. The molecule has 0 spiro atoms. The molecule has 2 aliphatic rings. The summed E-state index contributed by atoms with van der Waals surface area (Å²) in [6.07, 6.45) is 1.15. The fourth-order valence-corrected chi connectivity index (χ4v) is 3.50. The topological polar surface area (TPSA) is 95.5 Å². The fraction of sp³-hybridized carbons (Fsp3) is 0.400. The molecular weight excluding hydrogens is 343 g/mol. The number of imide groups is 1. The number of amides is 3. The van der Waals surface area contributed by atoms with E-state index in [0.29, 0.717) is 29.3 Å². The molecule has 1 aromatic carbocycles. The second kappa shape index (κ2) is 5.69. The number of carboxylic acids is 1. The quantitative estimate of drug-likeness (QED) is 0.704. The summed E-state index contributed by atoms with van der Waals surface area (Å²) in [6.45, 7) is 0. The Labute approximate surface area is 142 Å². The van der Waals surface area contributed by atoms with Crippen LogP contribution in [0.1, 0.15) is 18.4 Å². The molecule has 0 aromatic heterocycles. The monoisotopic (exact) mass is 356 g/mol. The minimum absolute atomic E-state index is 0.303. The van der Waals surface area contributed by atoms with E-state index < -0.39 is 35.3 Å². The van der Waals surface area contributed by atoms with Crippen LogP contribution in [0.15, 0.2) is 18.2 Å². The van der Waals surface area contributed by atoms with Crippen molar-refractivity contribution in [3.8, 4) is 0 Å². The third-order valence-electron chi connectivity index (χ3n) is 4.50. The number of hydrogen-bond donors (Lipinski definition) is 3. The lowest BCUT2D eigenvalue weighted by Crippen LogP contribution is -2.50. The summed E-state index contributed by atoms with van der Waals surface area (Å²) in [5.74, 6) is -2.41. The Morgan fingerprint density at radius 2 is 2.04 bits per heavy atom. The molecular formula is C15H14Cl2N2O4. The number of carbonyl (C=O) groups excluding carboxylic acids is 2. The average molecular weight is 357 g/mol. The van der Waals surface area contributed by atoms with Crippen molar-refractivity contribution in [2.75, 3.05) is 0 Å². The highest BCUT2D eigenvalue weighted by Crippen LogP contribution is 2.49. The van der Waals surface area contributed by atoms with Gasteiger partial charge in [0.2, 0.25) is 0 Å². The Balaban J connectivity index is 1.80. The molecule has 3 N–H and O–H groups in total. The molecule has 1 aliphatic heterocycles. The summed E-state index contributed by atoms with van der Waals surface area (Å²) in [4.78, 5) is 35.0. The molecule has 3 rings (SSSR count). The van der Waals surface area contributed by atoms with Gasteiger partial charge >= 0.3 is 12.0 Å². The van der Waals surface area contributed by atoms with Crippen LogP contribution >= 0.6 is 23.2 Å². The van der Waals surface area contributed by atoms with Crippen LogP contribution < -0.4 is 10.6 Å². The number of aliphatic carboxylic acids is 1. The summed E-state index contributed by atoms with van der Waals surface area (Å²) in [5, 5.41) is 14.8. The molecule has 0 radical (unpaired) electrons. The second-order valence-corrected chi connectivity index (χ2v) is 6.73. The van der Waals surface area contributed by atoms with Gasteiger partial charge in [-0.15, -0.1) is 0 Å². The number of benzene rings is 1. The minimum Gasteiger partial charge on any atom is -0.481 e. The van der Waals surface area contributed by atoms with Crippen molar-refractivity contribution in [1.82, 2.24) is 10.6 Å². The number of urea groups is 1.